The van der Waals surface area contributed by atoms with E-state index in [1.54, 1.807) is 31.2 Å². The van der Waals surface area contributed by atoms with Crippen molar-refractivity contribution in [1.29, 1.82) is 0 Å². The van der Waals surface area contributed by atoms with E-state index in [1.807, 2.05) is 0 Å². The molecule has 1 aromatic carbocycles. The predicted molar refractivity (Wildman–Crippen MR) is 90.8 cm³/mol. The van der Waals surface area contributed by atoms with E-state index < -0.39 is 23.9 Å². The standard InChI is InChI=1S/C17H19ClN2O5/c1-10-14(16(22)25-9-8-24-3)15(12-4-6-13(18)7-5-12)20(11(2)21)17(23)19-10/h4-7,15H,8-9H2,1-3H3,(H,19,23)/t15-/m1/s1. The molecule has 0 radical (unpaired) electrons. The summed E-state index contributed by atoms with van der Waals surface area (Å²) in [5, 5.41) is 3.03. The zero-order chi connectivity index (χ0) is 18.6. The van der Waals surface area contributed by atoms with Crippen molar-refractivity contribution in [3.63, 3.8) is 0 Å². The lowest BCUT2D eigenvalue weighted by Crippen LogP contribution is -2.50. The third kappa shape index (κ3) is 4.18. The highest BCUT2D eigenvalue weighted by Crippen LogP contribution is 2.34. The number of ether oxygens (including phenoxy) is 2. The van der Waals surface area contributed by atoms with Gasteiger partial charge >= 0.3 is 12.0 Å². The number of amides is 3. The van der Waals surface area contributed by atoms with Crippen molar-refractivity contribution >= 4 is 29.5 Å². The summed E-state index contributed by atoms with van der Waals surface area (Å²) >= 11 is 5.91. The van der Waals surface area contributed by atoms with Crippen LogP contribution in [0.25, 0.3) is 0 Å². The number of nitrogens with zero attached hydrogens (tertiary/aromatic N) is 1. The molecule has 134 valence electrons. The maximum atomic E-state index is 12.6. The van der Waals surface area contributed by atoms with Gasteiger partial charge in [0.05, 0.1) is 12.2 Å². The van der Waals surface area contributed by atoms with Crippen LogP contribution in [0.15, 0.2) is 35.5 Å². The van der Waals surface area contributed by atoms with Crippen molar-refractivity contribution in [2.75, 3.05) is 20.3 Å². The highest BCUT2D eigenvalue weighted by Gasteiger charge is 2.40. The maximum absolute atomic E-state index is 12.6. The number of carbonyl (C=O) groups is 3. The van der Waals surface area contributed by atoms with Crippen LogP contribution in [0.1, 0.15) is 25.5 Å². The predicted octanol–water partition coefficient (Wildman–Crippen LogP) is 2.42. The Labute approximate surface area is 150 Å². The second kappa shape index (κ2) is 8.13. The summed E-state index contributed by atoms with van der Waals surface area (Å²) in [7, 11) is 1.49. The molecule has 0 saturated heterocycles. The smallest absolute Gasteiger partial charge is 0.338 e. The summed E-state index contributed by atoms with van der Waals surface area (Å²) in [5.74, 6) is -1.12. The minimum Gasteiger partial charge on any atom is -0.460 e. The van der Waals surface area contributed by atoms with Crippen molar-refractivity contribution in [3.05, 3.63) is 46.1 Å². The number of esters is 1. The van der Waals surface area contributed by atoms with E-state index in [2.05, 4.69) is 5.32 Å². The monoisotopic (exact) mass is 366 g/mol. The number of imide groups is 1. The number of carbonyl (C=O) groups excluding carboxylic acids is 3. The summed E-state index contributed by atoms with van der Waals surface area (Å²) in [5.41, 5.74) is 1.10. The van der Waals surface area contributed by atoms with Crippen LogP contribution in [-0.4, -0.2) is 43.1 Å². The quantitative estimate of drug-likeness (QED) is 0.639. The van der Waals surface area contributed by atoms with Crippen molar-refractivity contribution in [2.45, 2.75) is 19.9 Å². The molecule has 1 aromatic rings. The summed E-state index contributed by atoms with van der Waals surface area (Å²) in [6, 6.07) is 5.10. The SMILES string of the molecule is COCCOC(=O)C1=C(C)NC(=O)N(C(C)=O)[C@@H]1c1ccc(Cl)cc1. The molecule has 0 bridgehead atoms. The average Bonchev–Trinajstić information content (AvgIpc) is 2.54. The van der Waals surface area contributed by atoms with Crippen LogP contribution in [0.3, 0.4) is 0 Å². The number of urea groups is 1. The first-order valence-corrected chi connectivity index (χ1v) is 7.97. The Morgan fingerprint density at radius 2 is 1.88 bits per heavy atom. The van der Waals surface area contributed by atoms with Gasteiger partial charge in [-0.2, -0.15) is 0 Å². The van der Waals surface area contributed by atoms with Gasteiger partial charge in [0.1, 0.15) is 12.6 Å². The summed E-state index contributed by atoms with van der Waals surface area (Å²) < 4.78 is 10.1. The molecule has 0 spiro atoms. The van der Waals surface area contributed by atoms with Crippen molar-refractivity contribution in [2.24, 2.45) is 0 Å². The maximum Gasteiger partial charge on any atom is 0.338 e. The van der Waals surface area contributed by atoms with Gasteiger partial charge in [-0.25, -0.2) is 9.59 Å². The van der Waals surface area contributed by atoms with Crippen LogP contribution in [0.5, 0.6) is 0 Å². The van der Waals surface area contributed by atoms with Crippen LogP contribution < -0.4 is 5.32 Å². The Kier molecular flexibility index (Phi) is 6.17. The van der Waals surface area contributed by atoms with Crippen LogP contribution in [0.2, 0.25) is 5.02 Å². The first-order valence-electron chi connectivity index (χ1n) is 7.60. The van der Waals surface area contributed by atoms with Gasteiger partial charge in [0, 0.05) is 24.8 Å². The molecule has 0 fully saturated rings. The third-order valence-corrected chi connectivity index (χ3v) is 3.97. The second-order valence-electron chi connectivity index (χ2n) is 5.44. The summed E-state index contributed by atoms with van der Waals surface area (Å²) in [4.78, 5) is 37.9. The largest absolute Gasteiger partial charge is 0.460 e. The minimum absolute atomic E-state index is 0.0630. The first kappa shape index (κ1) is 19.0. The zero-order valence-electron chi connectivity index (χ0n) is 14.2. The number of hydrogen-bond donors (Lipinski definition) is 1. The molecule has 1 heterocycles. The highest BCUT2D eigenvalue weighted by molar-refractivity contribution is 6.30. The van der Waals surface area contributed by atoms with Gasteiger partial charge in [-0.1, -0.05) is 23.7 Å². The van der Waals surface area contributed by atoms with Crippen LogP contribution in [0.4, 0.5) is 4.79 Å². The van der Waals surface area contributed by atoms with E-state index >= 15 is 0 Å². The molecule has 7 nitrogen and oxygen atoms in total. The molecule has 25 heavy (non-hydrogen) atoms. The van der Waals surface area contributed by atoms with Crippen molar-refractivity contribution in [1.82, 2.24) is 10.2 Å². The second-order valence-corrected chi connectivity index (χ2v) is 5.88. The molecule has 1 aliphatic rings. The lowest BCUT2D eigenvalue weighted by molar-refractivity contribution is -0.141. The number of nitrogens with one attached hydrogen (secondary N) is 1. The molecule has 0 unspecified atom stereocenters. The number of hydrogen-bond acceptors (Lipinski definition) is 5. The van der Waals surface area contributed by atoms with Gasteiger partial charge < -0.3 is 14.8 Å². The molecule has 8 heteroatoms. The van der Waals surface area contributed by atoms with Crippen molar-refractivity contribution in [3.8, 4) is 0 Å². The van der Waals surface area contributed by atoms with E-state index in [4.69, 9.17) is 21.1 Å². The summed E-state index contributed by atoms with van der Waals surface area (Å²) in [6.45, 7) is 3.15. The fourth-order valence-corrected chi connectivity index (χ4v) is 2.71. The Morgan fingerprint density at radius 3 is 2.44 bits per heavy atom. The molecule has 1 N–H and O–H groups in total. The lowest BCUT2D eigenvalue weighted by Gasteiger charge is -2.35. The van der Waals surface area contributed by atoms with E-state index in [-0.39, 0.29) is 18.8 Å². The fourth-order valence-electron chi connectivity index (χ4n) is 2.59. The average molecular weight is 367 g/mol. The molecule has 2 rings (SSSR count). The van der Waals surface area contributed by atoms with E-state index in [1.165, 1.54) is 14.0 Å². The Balaban J connectivity index is 2.48. The Bertz CT molecular complexity index is 714. The number of methoxy groups -OCH3 is 1. The van der Waals surface area contributed by atoms with Crippen LogP contribution >= 0.6 is 11.6 Å². The number of benzene rings is 1. The van der Waals surface area contributed by atoms with Crippen LogP contribution in [0, 0.1) is 0 Å². The van der Waals surface area contributed by atoms with Crippen molar-refractivity contribution < 1.29 is 23.9 Å². The number of allylic oxidation sites excluding steroid dienone is 1. The topological polar surface area (TPSA) is 84.9 Å². The van der Waals surface area contributed by atoms with Gasteiger partial charge in [0.25, 0.3) is 0 Å². The lowest BCUT2D eigenvalue weighted by atomic mass is 9.94. The van der Waals surface area contributed by atoms with Gasteiger partial charge in [-0.15, -0.1) is 0 Å². The van der Waals surface area contributed by atoms with E-state index in [9.17, 15) is 14.4 Å². The minimum atomic E-state index is -0.890. The van der Waals surface area contributed by atoms with E-state index in [0.717, 1.165) is 4.90 Å². The molecule has 1 atom stereocenters. The molecule has 0 saturated carbocycles. The zero-order valence-corrected chi connectivity index (χ0v) is 14.9. The van der Waals surface area contributed by atoms with E-state index in [0.29, 0.717) is 16.3 Å². The fraction of sp³-hybridized carbons (Fsp3) is 0.353. The molecule has 1 aliphatic heterocycles. The third-order valence-electron chi connectivity index (χ3n) is 3.71. The van der Waals surface area contributed by atoms with Gasteiger partial charge in [0.2, 0.25) is 5.91 Å². The molecule has 0 aromatic heterocycles. The van der Waals surface area contributed by atoms with Gasteiger partial charge in [0.15, 0.2) is 0 Å². The molecular formula is C17H19ClN2O5. The highest BCUT2D eigenvalue weighted by atomic mass is 35.5. The van der Waals surface area contributed by atoms with Gasteiger partial charge in [-0.05, 0) is 24.6 Å². The normalized spacial score (nSPS) is 17.4. The number of rotatable bonds is 5. The Morgan fingerprint density at radius 1 is 1.24 bits per heavy atom. The molecule has 3 amide bonds. The Hall–Kier alpha value is -2.38. The molecule has 0 aliphatic carbocycles. The summed E-state index contributed by atoms with van der Waals surface area (Å²) in [6.07, 6.45) is 0. The van der Waals surface area contributed by atoms with Gasteiger partial charge in [-0.3, -0.25) is 9.69 Å². The number of halogens is 1. The first-order chi connectivity index (χ1) is 11.9. The van der Waals surface area contributed by atoms with Crippen LogP contribution in [-0.2, 0) is 19.1 Å². The molecular weight excluding hydrogens is 348 g/mol.